The van der Waals surface area contributed by atoms with Crippen LogP contribution in [0.4, 0.5) is 5.13 Å². The predicted octanol–water partition coefficient (Wildman–Crippen LogP) is 4.58. The molecule has 0 saturated carbocycles. The number of nitrogens with one attached hydrogen (secondary N) is 1. The van der Waals surface area contributed by atoms with Gasteiger partial charge in [0, 0.05) is 22.1 Å². The number of hydrogen-bond donors (Lipinski definition) is 1. The zero-order chi connectivity index (χ0) is 17.6. The zero-order valence-corrected chi connectivity index (χ0v) is 15.1. The molecule has 6 heteroatoms. The smallest absolute Gasteiger partial charge is 0.204 e. The minimum absolute atomic E-state index is 0.699. The second-order valence-corrected chi connectivity index (χ2v) is 6.47. The summed E-state index contributed by atoms with van der Waals surface area (Å²) in [6.07, 6.45) is 1.71. The van der Waals surface area contributed by atoms with E-state index in [1.165, 1.54) is 0 Å². The number of benzene rings is 2. The average molecular weight is 353 g/mol. The van der Waals surface area contributed by atoms with E-state index in [4.69, 9.17) is 9.47 Å². The van der Waals surface area contributed by atoms with Crippen molar-refractivity contribution in [3.63, 3.8) is 0 Å². The lowest BCUT2D eigenvalue weighted by atomic mass is 10.1. The number of anilines is 1. The minimum atomic E-state index is 0.699. The summed E-state index contributed by atoms with van der Waals surface area (Å²) >= 11 is 1.57. The first-order chi connectivity index (χ1) is 12.2. The molecule has 0 fully saturated rings. The third-order valence-corrected chi connectivity index (χ3v) is 4.52. The second-order valence-electron chi connectivity index (χ2n) is 5.27. The van der Waals surface area contributed by atoms with Crippen molar-refractivity contribution in [2.45, 2.75) is 6.92 Å². The first kappa shape index (κ1) is 17.0. The summed E-state index contributed by atoms with van der Waals surface area (Å²) in [5.41, 5.74) is 5.93. The van der Waals surface area contributed by atoms with E-state index >= 15 is 0 Å². The van der Waals surface area contributed by atoms with Crippen molar-refractivity contribution in [3.8, 4) is 22.8 Å². The normalized spacial score (nSPS) is 10.8. The molecule has 0 unspecified atom stereocenters. The number of hydrazone groups is 1. The molecular formula is C19H19N3O2S. The Bertz CT molecular complexity index is 876. The fourth-order valence-corrected chi connectivity index (χ4v) is 3.18. The molecule has 1 aromatic heterocycles. The molecular weight excluding hydrogens is 334 g/mol. The molecule has 3 aromatic rings. The molecule has 0 spiro atoms. The SMILES string of the molecule is COc1ccc(/C=N\Nc2nc(-c3ccccc3)c(C)s2)c(OC)c1. The summed E-state index contributed by atoms with van der Waals surface area (Å²) in [5.74, 6) is 1.44. The molecule has 0 atom stereocenters. The maximum absolute atomic E-state index is 5.36. The fraction of sp³-hybridized carbons (Fsp3) is 0.158. The van der Waals surface area contributed by atoms with Gasteiger partial charge in [0.25, 0.3) is 0 Å². The van der Waals surface area contributed by atoms with Gasteiger partial charge in [-0.05, 0) is 19.1 Å². The third kappa shape index (κ3) is 3.97. The fourth-order valence-electron chi connectivity index (χ4n) is 2.39. The van der Waals surface area contributed by atoms with Crippen molar-refractivity contribution in [2.24, 2.45) is 5.10 Å². The van der Waals surface area contributed by atoms with Crippen molar-refractivity contribution < 1.29 is 9.47 Å². The average Bonchev–Trinajstić information content (AvgIpc) is 3.03. The van der Waals surface area contributed by atoms with Crippen LogP contribution in [0.2, 0.25) is 0 Å². The van der Waals surface area contributed by atoms with Gasteiger partial charge in [-0.3, -0.25) is 5.43 Å². The van der Waals surface area contributed by atoms with Gasteiger partial charge < -0.3 is 9.47 Å². The van der Waals surface area contributed by atoms with Crippen LogP contribution in [0.5, 0.6) is 11.5 Å². The summed E-state index contributed by atoms with van der Waals surface area (Å²) in [6.45, 7) is 2.06. The quantitative estimate of drug-likeness (QED) is 0.520. The number of aryl methyl sites for hydroxylation is 1. The Morgan fingerprint density at radius 3 is 2.60 bits per heavy atom. The second kappa shape index (κ2) is 7.81. The number of hydrogen-bond acceptors (Lipinski definition) is 6. The molecule has 1 N–H and O–H groups in total. The first-order valence-corrected chi connectivity index (χ1v) is 8.57. The molecule has 0 aliphatic rings. The van der Waals surface area contributed by atoms with Gasteiger partial charge >= 0.3 is 0 Å². The zero-order valence-electron chi connectivity index (χ0n) is 14.3. The lowest BCUT2D eigenvalue weighted by Crippen LogP contribution is -1.95. The minimum Gasteiger partial charge on any atom is -0.497 e. The van der Waals surface area contributed by atoms with E-state index < -0.39 is 0 Å². The molecule has 0 saturated heterocycles. The van der Waals surface area contributed by atoms with Crippen LogP contribution in [0.3, 0.4) is 0 Å². The summed E-state index contributed by atoms with van der Waals surface area (Å²) in [5, 5.41) is 5.03. The topological polar surface area (TPSA) is 55.7 Å². The van der Waals surface area contributed by atoms with Crippen molar-refractivity contribution in [1.29, 1.82) is 0 Å². The predicted molar refractivity (Wildman–Crippen MR) is 103 cm³/mol. The Kier molecular flexibility index (Phi) is 5.30. The Hall–Kier alpha value is -2.86. The highest BCUT2D eigenvalue weighted by Gasteiger charge is 2.09. The largest absolute Gasteiger partial charge is 0.497 e. The highest BCUT2D eigenvalue weighted by molar-refractivity contribution is 7.15. The number of ether oxygens (including phenoxy) is 2. The highest BCUT2D eigenvalue weighted by Crippen LogP contribution is 2.30. The van der Waals surface area contributed by atoms with Gasteiger partial charge in [0.2, 0.25) is 5.13 Å². The Labute approximate surface area is 151 Å². The first-order valence-electron chi connectivity index (χ1n) is 7.75. The summed E-state index contributed by atoms with van der Waals surface area (Å²) < 4.78 is 10.6. The van der Waals surface area contributed by atoms with Gasteiger partial charge in [0.15, 0.2) is 0 Å². The third-order valence-electron chi connectivity index (χ3n) is 3.65. The summed E-state index contributed by atoms with van der Waals surface area (Å²) in [6, 6.07) is 15.7. The van der Waals surface area contributed by atoms with Crippen LogP contribution in [0.15, 0.2) is 53.6 Å². The van der Waals surface area contributed by atoms with E-state index in [0.29, 0.717) is 5.75 Å². The van der Waals surface area contributed by atoms with Crippen LogP contribution in [-0.4, -0.2) is 25.4 Å². The molecule has 0 amide bonds. The van der Waals surface area contributed by atoms with Crippen molar-refractivity contribution >= 4 is 22.7 Å². The molecule has 0 radical (unpaired) electrons. The van der Waals surface area contributed by atoms with Crippen LogP contribution >= 0.6 is 11.3 Å². The Morgan fingerprint density at radius 1 is 1.08 bits per heavy atom. The molecule has 0 aliphatic heterocycles. The van der Waals surface area contributed by atoms with Gasteiger partial charge in [-0.1, -0.05) is 30.3 Å². The maximum atomic E-state index is 5.36. The molecule has 1 heterocycles. The lowest BCUT2D eigenvalue weighted by molar-refractivity contribution is 0.394. The molecule has 25 heavy (non-hydrogen) atoms. The number of nitrogens with zero attached hydrogens (tertiary/aromatic N) is 2. The van der Waals surface area contributed by atoms with Crippen LogP contribution in [0, 0.1) is 6.92 Å². The Balaban J connectivity index is 1.75. The van der Waals surface area contributed by atoms with E-state index in [1.54, 1.807) is 31.8 Å². The van der Waals surface area contributed by atoms with E-state index in [2.05, 4.69) is 34.6 Å². The van der Waals surface area contributed by atoms with E-state index in [-0.39, 0.29) is 0 Å². The van der Waals surface area contributed by atoms with Crippen LogP contribution < -0.4 is 14.9 Å². The molecule has 5 nitrogen and oxygen atoms in total. The van der Waals surface area contributed by atoms with Gasteiger partial charge in [0.1, 0.15) is 11.5 Å². The van der Waals surface area contributed by atoms with E-state index in [1.807, 2.05) is 36.4 Å². The number of thiazole rings is 1. The van der Waals surface area contributed by atoms with E-state index in [9.17, 15) is 0 Å². The Morgan fingerprint density at radius 2 is 1.88 bits per heavy atom. The standard InChI is InChI=1S/C19H19N3O2S/c1-13-18(14-7-5-4-6-8-14)21-19(25-13)22-20-12-15-9-10-16(23-2)11-17(15)24-3/h4-12H,1-3H3,(H,21,22)/b20-12-. The maximum Gasteiger partial charge on any atom is 0.204 e. The summed E-state index contributed by atoms with van der Waals surface area (Å²) in [7, 11) is 3.25. The van der Waals surface area contributed by atoms with Crippen LogP contribution in [0.1, 0.15) is 10.4 Å². The number of aromatic nitrogens is 1. The number of methoxy groups -OCH3 is 2. The lowest BCUT2D eigenvalue weighted by Gasteiger charge is -2.06. The van der Waals surface area contributed by atoms with Crippen LogP contribution in [0.25, 0.3) is 11.3 Å². The molecule has 2 aromatic carbocycles. The molecule has 0 aliphatic carbocycles. The van der Waals surface area contributed by atoms with Gasteiger partial charge in [-0.2, -0.15) is 5.10 Å². The van der Waals surface area contributed by atoms with E-state index in [0.717, 1.165) is 32.6 Å². The van der Waals surface area contributed by atoms with Gasteiger partial charge in [-0.25, -0.2) is 4.98 Å². The molecule has 128 valence electrons. The molecule has 3 rings (SSSR count). The van der Waals surface area contributed by atoms with Crippen LogP contribution in [-0.2, 0) is 0 Å². The van der Waals surface area contributed by atoms with Gasteiger partial charge in [-0.15, -0.1) is 11.3 Å². The number of rotatable bonds is 6. The highest BCUT2D eigenvalue weighted by atomic mass is 32.1. The summed E-state index contributed by atoms with van der Waals surface area (Å²) in [4.78, 5) is 5.77. The van der Waals surface area contributed by atoms with Crippen molar-refractivity contribution in [2.75, 3.05) is 19.6 Å². The van der Waals surface area contributed by atoms with Crippen molar-refractivity contribution in [3.05, 3.63) is 59.0 Å². The molecule has 0 bridgehead atoms. The van der Waals surface area contributed by atoms with Gasteiger partial charge in [0.05, 0.1) is 26.1 Å². The van der Waals surface area contributed by atoms with Crippen molar-refractivity contribution in [1.82, 2.24) is 4.98 Å². The monoisotopic (exact) mass is 353 g/mol.